The Labute approximate surface area is 184 Å². The molecule has 0 aliphatic carbocycles. The Hall–Kier alpha value is -2.77. The molecule has 2 aromatic heterocycles. The molecule has 1 saturated heterocycles. The number of pyridine rings is 1. The Morgan fingerprint density at radius 2 is 2.10 bits per heavy atom. The SMILES string of the molecule is NC(=O)C1CCCN1c1cccc(O[C@@H](Cc2cc(Cl)cc(Cl)c2)c2ncc[nH]2)n1. The minimum Gasteiger partial charge on any atom is -0.466 e. The van der Waals surface area contributed by atoms with E-state index in [2.05, 4.69) is 15.0 Å². The number of carbonyl (C=O) groups is 1. The van der Waals surface area contributed by atoms with Gasteiger partial charge in [0.05, 0.1) is 0 Å². The molecule has 7 nitrogen and oxygen atoms in total. The van der Waals surface area contributed by atoms with Crippen LogP contribution in [0.1, 0.15) is 30.3 Å². The fourth-order valence-electron chi connectivity index (χ4n) is 3.70. The van der Waals surface area contributed by atoms with Crippen molar-refractivity contribution in [1.82, 2.24) is 15.0 Å². The number of nitrogens with zero attached hydrogens (tertiary/aromatic N) is 3. The number of aromatic amines is 1. The van der Waals surface area contributed by atoms with Crippen LogP contribution in [0.3, 0.4) is 0 Å². The normalized spacial score (nSPS) is 17.1. The average Bonchev–Trinajstić information content (AvgIpc) is 3.39. The van der Waals surface area contributed by atoms with Crippen LogP contribution in [0.4, 0.5) is 5.82 Å². The number of H-pyrrole nitrogens is 1. The molecule has 1 amide bonds. The number of primary amides is 1. The van der Waals surface area contributed by atoms with Crippen molar-refractivity contribution in [3.05, 3.63) is 70.2 Å². The van der Waals surface area contributed by atoms with Crippen LogP contribution >= 0.6 is 23.2 Å². The van der Waals surface area contributed by atoms with E-state index in [-0.39, 0.29) is 11.9 Å². The first kappa shape index (κ1) is 20.5. The van der Waals surface area contributed by atoms with Crippen LogP contribution in [-0.4, -0.2) is 33.4 Å². The summed E-state index contributed by atoms with van der Waals surface area (Å²) in [6.45, 7) is 0.729. The molecule has 1 unspecified atom stereocenters. The lowest BCUT2D eigenvalue weighted by molar-refractivity contribution is -0.119. The van der Waals surface area contributed by atoms with Crippen molar-refractivity contribution >= 4 is 34.9 Å². The van der Waals surface area contributed by atoms with Crippen molar-refractivity contribution in [2.75, 3.05) is 11.4 Å². The number of hydrogen-bond donors (Lipinski definition) is 2. The lowest BCUT2D eigenvalue weighted by Gasteiger charge is -2.24. The third-order valence-corrected chi connectivity index (χ3v) is 5.45. The molecule has 30 heavy (non-hydrogen) atoms. The van der Waals surface area contributed by atoms with E-state index in [9.17, 15) is 4.79 Å². The predicted molar refractivity (Wildman–Crippen MR) is 116 cm³/mol. The molecule has 9 heteroatoms. The summed E-state index contributed by atoms with van der Waals surface area (Å²) >= 11 is 12.3. The topological polar surface area (TPSA) is 97.1 Å². The van der Waals surface area contributed by atoms with Gasteiger partial charge < -0.3 is 20.4 Å². The van der Waals surface area contributed by atoms with Gasteiger partial charge in [0, 0.05) is 41.5 Å². The third-order valence-electron chi connectivity index (χ3n) is 5.02. The fraction of sp³-hybridized carbons (Fsp3) is 0.286. The minimum atomic E-state index is -0.428. The van der Waals surface area contributed by atoms with E-state index < -0.39 is 6.10 Å². The van der Waals surface area contributed by atoms with Crippen molar-refractivity contribution in [3.63, 3.8) is 0 Å². The number of hydrogen-bond acceptors (Lipinski definition) is 5. The standard InChI is InChI=1S/C21H21Cl2N5O2/c22-14-9-13(10-15(23)12-14)11-17(21-25-6-7-26-21)30-19-5-1-4-18(27-19)28-8-2-3-16(28)20(24)29/h1,4-7,9-10,12,16-17H,2-3,8,11H2,(H2,24,29)(H,25,26)/t16?,17-/m0/s1. The summed E-state index contributed by atoms with van der Waals surface area (Å²) < 4.78 is 6.20. The largest absolute Gasteiger partial charge is 0.466 e. The Balaban J connectivity index is 1.58. The van der Waals surface area contributed by atoms with Gasteiger partial charge in [0.2, 0.25) is 11.8 Å². The summed E-state index contributed by atoms with van der Waals surface area (Å²) in [5, 5.41) is 1.12. The predicted octanol–water partition coefficient (Wildman–Crippen LogP) is 3.93. The highest BCUT2D eigenvalue weighted by atomic mass is 35.5. The fourth-order valence-corrected chi connectivity index (χ4v) is 4.27. The molecule has 2 atom stereocenters. The Morgan fingerprint density at radius 3 is 2.80 bits per heavy atom. The quantitative estimate of drug-likeness (QED) is 0.573. The number of carbonyl (C=O) groups excluding carboxylic acids is 1. The summed E-state index contributed by atoms with van der Waals surface area (Å²) in [7, 11) is 0. The number of nitrogens with two attached hydrogens (primary N) is 1. The van der Waals surface area contributed by atoms with E-state index in [0.29, 0.717) is 34.0 Å². The van der Waals surface area contributed by atoms with Gasteiger partial charge >= 0.3 is 0 Å². The van der Waals surface area contributed by atoms with Crippen LogP contribution in [0.15, 0.2) is 48.8 Å². The van der Waals surface area contributed by atoms with Crippen molar-refractivity contribution in [2.45, 2.75) is 31.4 Å². The number of benzene rings is 1. The molecule has 3 N–H and O–H groups in total. The molecule has 0 saturated carbocycles. The van der Waals surface area contributed by atoms with Crippen LogP contribution < -0.4 is 15.4 Å². The molecule has 0 spiro atoms. The second kappa shape index (κ2) is 8.93. The van der Waals surface area contributed by atoms with Gasteiger partial charge in [0.15, 0.2) is 6.10 Å². The number of ether oxygens (including phenoxy) is 1. The molecule has 1 aliphatic heterocycles. The van der Waals surface area contributed by atoms with Crippen molar-refractivity contribution in [2.24, 2.45) is 5.73 Å². The first-order valence-electron chi connectivity index (χ1n) is 9.63. The number of anilines is 1. The number of imidazole rings is 1. The molecule has 4 rings (SSSR count). The second-order valence-corrected chi connectivity index (χ2v) is 8.02. The maximum atomic E-state index is 11.7. The molecule has 3 aromatic rings. The van der Waals surface area contributed by atoms with Crippen LogP contribution in [0, 0.1) is 0 Å². The highest BCUT2D eigenvalue weighted by molar-refractivity contribution is 6.34. The van der Waals surface area contributed by atoms with E-state index in [1.807, 2.05) is 29.2 Å². The monoisotopic (exact) mass is 445 g/mol. The Kier molecular flexibility index (Phi) is 6.11. The lowest BCUT2D eigenvalue weighted by Crippen LogP contribution is -2.40. The van der Waals surface area contributed by atoms with E-state index in [1.54, 1.807) is 24.5 Å². The summed E-state index contributed by atoms with van der Waals surface area (Å²) in [6.07, 6.45) is 5.10. The minimum absolute atomic E-state index is 0.341. The summed E-state index contributed by atoms with van der Waals surface area (Å²) in [5.41, 5.74) is 6.46. The van der Waals surface area contributed by atoms with Crippen molar-refractivity contribution < 1.29 is 9.53 Å². The second-order valence-electron chi connectivity index (χ2n) is 7.15. The molecular formula is C21H21Cl2N5O2. The molecule has 1 aromatic carbocycles. The number of rotatable bonds is 7. The molecule has 0 bridgehead atoms. The first-order chi connectivity index (χ1) is 14.5. The molecular weight excluding hydrogens is 425 g/mol. The number of halogens is 2. The van der Waals surface area contributed by atoms with Crippen molar-refractivity contribution in [1.29, 1.82) is 0 Å². The van der Waals surface area contributed by atoms with E-state index >= 15 is 0 Å². The Morgan fingerprint density at radius 1 is 1.30 bits per heavy atom. The molecule has 3 heterocycles. The van der Waals surface area contributed by atoms with Crippen LogP contribution in [0.25, 0.3) is 0 Å². The van der Waals surface area contributed by atoms with E-state index in [0.717, 1.165) is 24.9 Å². The van der Waals surface area contributed by atoms with E-state index in [1.165, 1.54) is 0 Å². The van der Waals surface area contributed by atoms with Gasteiger partial charge in [-0.15, -0.1) is 0 Å². The van der Waals surface area contributed by atoms with Crippen molar-refractivity contribution in [3.8, 4) is 5.88 Å². The van der Waals surface area contributed by atoms with E-state index in [4.69, 9.17) is 33.7 Å². The maximum Gasteiger partial charge on any atom is 0.240 e. The van der Waals surface area contributed by atoms with Crippen LogP contribution in [-0.2, 0) is 11.2 Å². The summed E-state index contributed by atoms with van der Waals surface area (Å²) in [5.74, 6) is 1.41. The molecule has 0 radical (unpaired) electrons. The average molecular weight is 446 g/mol. The van der Waals surface area contributed by atoms with Crippen LogP contribution in [0.2, 0.25) is 10.0 Å². The van der Waals surface area contributed by atoms with Gasteiger partial charge in [-0.2, -0.15) is 4.98 Å². The zero-order valence-electron chi connectivity index (χ0n) is 16.1. The molecule has 156 valence electrons. The smallest absolute Gasteiger partial charge is 0.240 e. The number of aromatic nitrogens is 3. The maximum absolute atomic E-state index is 11.7. The summed E-state index contributed by atoms with van der Waals surface area (Å²) in [4.78, 5) is 25.7. The van der Waals surface area contributed by atoms with Gasteiger partial charge in [-0.25, -0.2) is 4.98 Å². The highest BCUT2D eigenvalue weighted by Crippen LogP contribution is 2.29. The Bertz CT molecular complexity index is 1010. The first-order valence-corrected chi connectivity index (χ1v) is 10.4. The zero-order chi connectivity index (χ0) is 21.1. The van der Waals surface area contributed by atoms with Gasteiger partial charge in [-0.1, -0.05) is 29.3 Å². The molecule has 1 fully saturated rings. The molecule has 1 aliphatic rings. The summed E-state index contributed by atoms with van der Waals surface area (Å²) in [6, 6.07) is 10.5. The zero-order valence-corrected chi connectivity index (χ0v) is 17.6. The third kappa shape index (κ3) is 4.68. The van der Waals surface area contributed by atoms with Gasteiger partial charge in [-0.3, -0.25) is 4.79 Å². The van der Waals surface area contributed by atoms with Gasteiger partial charge in [0.1, 0.15) is 17.7 Å². The van der Waals surface area contributed by atoms with Gasteiger partial charge in [-0.05, 0) is 42.7 Å². The number of amides is 1. The number of nitrogens with one attached hydrogen (secondary N) is 1. The van der Waals surface area contributed by atoms with Crippen LogP contribution in [0.5, 0.6) is 5.88 Å². The lowest BCUT2D eigenvalue weighted by atomic mass is 10.1. The van der Waals surface area contributed by atoms with Gasteiger partial charge in [0.25, 0.3) is 0 Å². The highest BCUT2D eigenvalue weighted by Gasteiger charge is 2.30.